The summed E-state index contributed by atoms with van der Waals surface area (Å²) in [6.45, 7) is 2.03. The van der Waals surface area contributed by atoms with Crippen LogP contribution in [0.5, 0.6) is 5.75 Å². The number of aromatic nitrogens is 1. The lowest BCUT2D eigenvalue weighted by molar-refractivity contribution is 0.415. The number of hydrogen-bond acceptors (Lipinski definition) is 4. The molecule has 4 heteroatoms. The summed E-state index contributed by atoms with van der Waals surface area (Å²) in [4.78, 5) is 4.62. The predicted octanol–water partition coefficient (Wildman–Crippen LogP) is 5.19. The Bertz CT molecular complexity index is 917. The van der Waals surface area contributed by atoms with Gasteiger partial charge in [0.05, 0.1) is 18.4 Å². The van der Waals surface area contributed by atoms with Crippen molar-refractivity contribution in [2.24, 2.45) is 0 Å². The summed E-state index contributed by atoms with van der Waals surface area (Å²) in [6.07, 6.45) is 1.89. The molecule has 2 aromatic carbocycles. The number of rotatable bonds is 4. The molecule has 0 aliphatic carbocycles. The van der Waals surface area contributed by atoms with Crippen molar-refractivity contribution >= 4 is 23.0 Å². The van der Waals surface area contributed by atoms with Crippen molar-refractivity contribution < 1.29 is 4.74 Å². The molecular formula is C20H16N2OS. The van der Waals surface area contributed by atoms with Crippen molar-refractivity contribution in [3.63, 3.8) is 0 Å². The molecule has 3 nitrogen and oxygen atoms in total. The van der Waals surface area contributed by atoms with Crippen LogP contribution in [-0.4, -0.2) is 12.1 Å². The summed E-state index contributed by atoms with van der Waals surface area (Å²) >= 11 is 1.48. The minimum Gasteiger partial charge on any atom is -0.497 e. The summed E-state index contributed by atoms with van der Waals surface area (Å²) < 4.78 is 5.17. The van der Waals surface area contributed by atoms with Crippen LogP contribution in [-0.2, 0) is 0 Å². The van der Waals surface area contributed by atoms with E-state index in [1.54, 1.807) is 7.11 Å². The normalized spacial score (nSPS) is 11.1. The largest absolute Gasteiger partial charge is 0.497 e. The monoisotopic (exact) mass is 332 g/mol. The molecule has 0 saturated heterocycles. The Morgan fingerprint density at radius 3 is 2.58 bits per heavy atom. The molecule has 3 aromatic rings. The minimum absolute atomic E-state index is 0.578. The Labute approximate surface area is 145 Å². The van der Waals surface area contributed by atoms with Gasteiger partial charge in [0.25, 0.3) is 0 Å². The number of benzene rings is 2. The first-order valence-electron chi connectivity index (χ1n) is 7.49. The van der Waals surface area contributed by atoms with Gasteiger partial charge in [0.2, 0.25) is 0 Å². The number of thiazole rings is 1. The third-order valence-electron chi connectivity index (χ3n) is 3.73. The number of methoxy groups -OCH3 is 1. The second-order valence-corrected chi connectivity index (χ2v) is 6.15. The van der Waals surface area contributed by atoms with Gasteiger partial charge in [0.15, 0.2) is 0 Å². The molecule has 0 N–H and O–H groups in total. The van der Waals surface area contributed by atoms with Crippen molar-refractivity contribution in [2.45, 2.75) is 6.92 Å². The molecule has 0 unspecified atom stereocenters. The highest BCUT2D eigenvalue weighted by Crippen LogP contribution is 2.28. The molecule has 0 spiro atoms. The van der Waals surface area contributed by atoms with E-state index in [2.05, 4.69) is 11.1 Å². The van der Waals surface area contributed by atoms with Gasteiger partial charge in [0, 0.05) is 10.9 Å². The number of ether oxygens (including phenoxy) is 1. The first-order valence-corrected chi connectivity index (χ1v) is 8.37. The second kappa shape index (κ2) is 7.12. The van der Waals surface area contributed by atoms with Crippen LogP contribution in [0.1, 0.15) is 16.1 Å². The lowest BCUT2D eigenvalue weighted by Gasteiger charge is -2.01. The van der Waals surface area contributed by atoms with Gasteiger partial charge in [-0.05, 0) is 48.4 Å². The molecule has 1 heterocycles. The van der Waals surface area contributed by atoms with Gasteiger partial charge in [-0.1, -0.05) is 24.3 Å². The van der Waals surface area contributed by atoms with E-state index in [1.807, 2.05) is 66.9 Å². The van der Waals surface area contributed by atoms with E-state index in [1.165, 1.54) is 11.3 Å². The van der Waals surface area contributed by atoms with Crippen LogP contribution in [0.25, 0.3) is 22.9 Å². The molecule has 0 amide bonds. The third kappa shape index (κ3) is 3.37. The molecule has 0 fully saturated rings. The summed E-state index contributed by atoms with van der Waals surface area (Å²) in [6, 6.07) is 18.0. The van der Waals surface area contributed by atoms with E-state index in [0.29, 0.717) is 5.57 Å². The fourth-order valence-electron chi connectivity index (χ4n) is 2.34. The first kappa shape index (κ1) is 16.0. The molecular weight excluding hydrogens is 316 g/mol. The van der Waals surface area contributed by atoms with Crippen LogP contribution >= 0.6 is 11.3 Å². The molecule has 0 bridgehead atoms. The average molecular weight is 332 g/mol. The van der Waals surface area contributed by atoms with Crippen LogP contribution in [0.4, 0.5) is 0 Å². The van der Waals surface area contributed by atoms with Crippen LogP contribution in [0.2, 0.25) is 0 Å². The number of allylic oxidation sites excluding steroid dienone is 1. The van der Waals surface area contributed by atoms with Crippen molar-refractivity contribution in [3.8, 4) is 23.1 Å². The predicted molar refractivity (Wildman–Crippen MR) is 98.8 cm³/mol. The van der Waals surface area contributed by atoms with Crippen LogP contribution < -0.4 is 4.74 Å². The number of aryl methyl sites for hydroxylation is 1. The molecule has 1 aromatic heterocycles. The van der Waals surface area contributed by atoms with Gasteiger partial charge >= 0.3 is 0 Å². The van der Waals surface area contributed by atoms with E-state index in [0.717, 1.165) is 33.1 Å². The molecule has 0 atom stereocenters. The first-order chi connectivity index (χ1) is 11.7. The van der Waals surface area contributed by atoms with Crippen molar-refractivity contribution in [2.75, 3.05) is 7.11 Å². The van der Waals surface area contributed by atoms with Gasteiger partial charge < -0.3 is 4.74 Å². The standard InChI is InChI=1S/C20H16N2OS/c1-14-5-3-4-6-16(14)11-17(12-21)20-22-19(13-24-20)15-7-9-18(23-2)10-8-15/h3-11,13H,1-2H3. The lowest BCUT2D eigenvalue weighted by atomic mass is 10.1. The Morgan fingerprint density at radius 1 is 1.17 bits per heavy atom. The zero-order chi connectivity index (χ0) is 16.9. The molecule has 0 aliphatic heterocycles. The number of nitriles is 1. The smallest absolute Gasteiger partial charge is 0.134 e. The lowest BCUT2D eigenvalue weighted by Crippen LogP contribution is -1.85. The Balaban J connectivity index is 1.93. The fourth-order valence-corrected chi connectivity index (χ4v) is 3.13. The maximum atomic E-state index is 9.51. The zero-order valence-electron chi connectivity index (χ0n) is 13.5. The summed E-state index contributed by atoms with van der Waals surface area (Å²) in [5.41, 5.74) is 4.62. The van der Waals surface area contributed by atoms with Crippen molar-refractivity contribution in [1.82, 2.24) is 4.98 Å². The minimum atomic E-state index is 0.578. The Morgan fingerprint density at radius 2 is 1.92 bits per heavy atom. The van der Waals surface area contributed by atoms with Gasteiger partial charge in [0.1, 0.15) is 16.8 Å². The van der Waals surface area contributed by atoms with Crippen molar-refractivity contribution in [3.05, 3.63) is 70.0 Å². The molecule has 0 saturated carbocycles. The van der Waals surface area contributed by atoms with E-state index >= 15 is 0 Å². The second-order valence-electron chi connectivity index (χ2n) is 5.29. The third-order valence-corrected chi connectivity index (χ3v) is 4.60. The molecule has 3 rings (SSSR count). The maximum Gasteiger partial charge on any atom is 0.134 e. The maximum absolute atomic E-state index is 9.51. The van der Waals surface area contributed by atoms with Crippen LogP contribution in [0, 0.1) is 18.3 Å². The van der Waals surface area contributed by atoms with Gasteiger partial charge in [-0.15, -0.1) is 11.3 Å². The Hall–Kier alpha value is -2.90. The highest BCUT2D eigenvalue weighted by Gasteiger charge is 2.09. The number of nitrogens with zero attached hydrogens (tertiary/aromatic N) is 2. The SMILES string of the molecule is COc1ccc(-c2csc(C(C#N)=Cc3ccccc3C)n2)cc1. The average Bonchev–Trinajstić information content (AvgIpc) is 3.11. The van der Waals surface area contributed by atoms with Gasteiger partial charge in [-0.3, -0.25) is 0 Å². The van der Waals surface area contributed by atoms with E-state index in [-0.39, 0.29) is 0 Å². The summed E-state index contributed by atoms with van der Waals surface area (Å²) in [5.74, 6) is 0.811. The highest BCUT2D eigenvalue weighted by molar-refractivity contribution is 7.11. The van der Waals surface area contributed by atoms with Crippen LogP contribution in [0.15, 0.2) is 53.9 Å². The number of hydrogen-bond donors (Lipinski definition) is 0. The Kier molecular flexibility index (Phi) is 4.74. The van der Waals surface area contributed by atoms with E-state index in [9.17, 15) is 5.26 Å². The quantitative estimate of drug-likeness (QED) is 0.618. The summed E-state index contributed by atoms with van der Waals surface area (Å²) in [7, 11) is 1.64. The van der Waals surface area contributed by atoms with Crippen molar-refractivity contribution in [1.29, 1.82) is 5.26 Å². The topological polar surface area (TPSA) is 45.9 Å². The van der Waals surface area contributed by atoms with Gasteiger partial charge in [-0.25, -0.2) is 4.98 Å². The molecule has 118 valence electrons. The van der Waals surface area contributed by atoms with Gasteiger partial charge in [-0.2, -0.15) is 5.26 Å². The van der Waals surface area contributed by atoms with E-state index in [4.69, 9.17) is 4.74 Å². The van der Waals surface area contributed by atoms with Crippen LogP contribution in [0.3, 0.4) is 0 Å². The van der Waals surface area contributed by atoms with E-state index < -0.39 is 0 Å². The zero-order valence-corrected chi connectivity index (χ0v) is 14.3. The highest BCUT2D eigenvalue weighted by atomic mass is 32.1. The molecule has 24 heavy (non-hydrogen) atoms. The molecule has 0 radical (unpaired) electrons. The molecule has 0 aliphatic rings. The fraction of sp³-hybridized carbons (Fsp3) is 0.100. The summed E-state index contributed by atoms with van der Waals surface area (Å²) in [5, 5.41) is 12.2.